The predicted molar refractivity (Wildman–Crippen MR) is 104 cm³/mol. The van der Waals surface area contributed by atoms with Crippen LogP contribution in [0.25, 0.3) is 9.88 Å². The lowest BCUT2D eigenvalue weighted by molar-refractivity contribution is -0.116. The Morgan fingerprint density at radius 3 is 2.76 bits per heavy atom. The lowest BCUT2D eigenvalue weighted by Gasteiger charge is -2.09. The number of carbonyl (C=O) groups excluding carboxylic acids is 2. The summed E-state index contributed by atoms with van der Waals surface area (Å²) in [6.45, 7) is 1.40. The van der Waals surface area contributed by atoms with E-state index in [1.165, 1.54) is 18.3 Å². The molecule has 2 amide bonds. The second kappa shape index (κ2) is 7.77. The first-order chi connectivity index (χ1) is 12.0. The largest absolute Gasteiger partial charge is 0.326 e. The van der Waals surface area contributed by atoms with Crippen LogP contribution < -0.4 is 10.6 Å². The van der Waals surface area contributed by atoms with Crippen LogP contribution in [0, 0.1) is 0 Å². The second-order valence-electron chi connectivity index (χ2n) is 5.22. The number of carbonyl (C=O) groups is 2. The maximum absolute atomic E-state index is 12.2. The number of hydrogen-bond acceptors (Lipinski definition) is 5. The van der Waals surface area contributed by atoms with Gasteiger partial charge in [0.05, 0.1) is 27.7 Å². The molecular weight excluding hydrogens is 378 g/mol. The summed E-state index contributed by atoms with van der Waals surface area (Å²) < 4.78 is 0. The molecule has 5 nitrogen and oxygen atoms in total. The first-order valence-electron chi connectivity index (χ1n) is 7.36. The molecule has 0 radical (unpaired) electrons. The van der Waals surface area contributed by atoms with E-state index in [0.29, 0.717) is 16.4 Å². The molecule has 2 N–H and O–H groups in total. The summed E-state index contributed by atoms with van der Waals surface area (Å²) in [5, 5.41) is 10.6. The van der Waals surface area contributed by atoms with Crippen LogP contribution in [-0.2, 0) is 16.0 Å². The Balaban J connectivity index is 1.66. The molecule has 0 atom stereocenters. The fourth-order valence-corrected chi connectivity index (χ4v) is 3.96. The zero-order valence-corrected chi connectivity index (χ0v) is 15.6. The van der Waals surface area contributed by atoms with Crippen molar-refractivity contribution >= 4 is 57.5 Å². The van der Waals surface area contributed by atoms with E-state index in [9.17, 15) is 9.59 Å². The highest BCUT2D eigenvalue weighted by molar-refractivity contribution is 7.20. The number of thiophene rings is 1. The van der Waals surface area contributed by atoms with Gasteiger partial charge in [0.25, 0.3) is 0 Å². The van der Waals surface area contributed by atoms with Gasteiger partial charge in [-0.15, -0.1) is 22.7 Å². The third-order valence-corrected chi connectivity index (χ3v) is 5.45. The molecule has 0 spiro atoms. The van der Waals surface area contributed by atoms with E-state index in [2.05, 4.69) is 15.6 Å². The Bertz CT molecular complexity index is 907. The number of thiazole rings is 1. The smallest absolute Gasteiger partial charge is 0.230 e. The molecule has 0 aliphatic heterocycles. The van der Waals surface area contributed by atoms with E-state index in [-0.39, 0.29) is 18.2 Å². The molecule has 0 saturated carbocycles. The number of amides is 2. The number of halogens is 1. The minimum absolute atomic E-state index is 0.181. The first-order valence-corrected chi connectivity index (χ1v) is 9.50. The minimum atomic E-state index is -0.228. The van der Waals surface area contributed by atoms with E-state index >= 15 is 0 Å². The quantitative estimate of drug-likeness (QED) is 0.664. The highest BCUT2D eigenvalue weighted by Crippen LogP contribution is 2.28. The van der Waals surface area contributed by atoms with Gasteiger partial charge in [-0.2, -0.15) is 0 Å². The molecule has 0 saturated heterocycles. The van der Waals surface area contributed by atoms with Gasteiger partial charge in [0.2, 0.25) is 11.8 Å². The zero-order valence-electron chi connectivity index (χ0n) is 13.2. The molecule has 0 fully saturated rings. The standard InChI is InChI=1S/C17H14ClN3O2S2/c1-10(22)19-14-7-11(4-5-13(14)18)20-16(23)8-12-9-25-17(21-12)15-3-2-6-24-15/h2-7,9H,8H2,1H3,(H,19,22)(H,20,23). The molecule has 1 aromatic carbocycles. The highest BCUT2D eigenvalue weighted by Gasteiger charge is 2.11. The van der Waals surface area contributed by atoms with Gasteiger partial charge in [0, 0.05) is 18.0 Å². The fraction of sp³-hybridized carbons (Fsp3) is 0.118. The summed E-state index contributed by atoms with van der Waals surface area (Å²) in [4.78, 5) is 29.0. The van der Waals surface area contributed by atoms with Gasteiger partial charge < -0.3 is 10.6 Å². The predicted octanol–water partition coefficient (Wildman–Crippen LogP) is 4.66. The van der Waals surface area contributed by atoms with Gasteiger partial charge in [-0.25, -0.2) is 4.98 Å². The van der Waals surface area contributed by atoms with Crippen LogP contribution in [0.15, 0.2) is 41.1 Å². The number of nitrogens with zero attached hydrogens (tertiary/aromatic N) is 1. The molecule has 0 aliphatic rings. The lowest BCUT2D eigenvalue weighted by atomic mass is 10.2. The Morgan fingerprint density at radius 1 is 1.20 bits per heavy atom. The zero-order chi connectivity index (χ0) is 17.8. The summed E-state index contributed by atoms with van der Waals surface area (Å²) >= 11 is 9.16. The third kappa shape index (κ3) is 4.66. The van der Waals surface area contributed by atoms with Crippen LogP contribution in [0.5, 0.6) is 0 Å². The highest BCUT2D eigenvalue weighted by atomic mass is 35.5. The maximum Gasteiger partial charge on any atom is 0.230 e. The molecule has 3 aromatic rings. The maximum atomic E-state index is 12.2. The van der Waals surface area contributed by atoms with Crippen molar-refractivity contribution in [2.45, 2.75) is 13.3 Å². The molecule has 2 aromatic heterocycles. The number of hydrogen-bond donors (Lipinski definition) is 2. The van der Waals surface area contributed by atoms with Gasteiger partial charge in [-0.1, -0.05) is 17.7 Å². The number of anilines is 2. The van der Waals surface area contributed by atoms with E-state index in [1.54, 1.807) is 29.5 Å². The molecule has 128 valence electrons. The topological polar surface area (TPSA) is 71.1 Å². The molecule has 3 rings (SSSR count). The summed E-state index contributed by atoms with van der Waals surface area (Å²) in [6, 6.07) is 8.91. The van der Waals surface area contributed by atoms with Crippen LogP contribution in [0.4, 0.5) is 11.4 Å². The summed E-state index contributed by atoms with van der Waals surface area (Å²) in [7, 11) is 0. The van der Waals surface area contributed by atoms with Crippen LogP contribution in [0.3, 0.4) is 0 Å². The van der Waals surface area contributed by atoms with Gasteiger partial charge in [-0.05, 0) is 29.6 Å². The molecule has 0 bridgehead atoms. The van der Waals surface area contributed by atoms with E-state index < -0.39 is 0 Å². The normalized spacial score (nSPS) is 10.5. The molecular formula is C17H14ClN3O2S2. The van der Waals surface area contributed by atoms with Crippen molar-refractivity contribution in [2.75, 3.05) is 10.6 Å². The Kier molecular flexibility index (Phi) is 5.47. The summed E-state index contributed by atoms with van der Waals surface area (Å²) in [5.41, 5.74) is 1.74. The van der Waals surface area contributed by atoms with Crippen molar-refractivity contribution in [2.24, 2.45) is 0 Å². The van der Waals surface area contributed by atoms with E-state index in [1.807, 2.05) is 22.9 Å². The summed E-state index contributed by atoms with van der Waals surface area (Å²) in [6.07, 6.45) is 0.181. The van der Waals surface area contributed by atoms with E-state index in [4.69, 9.17) is 11.6 Å². The van der Waals surface area contributed by atoms with Gasteiger partial charge >= 0.3 is 0 Å². The van der Waals surface area contributed by atoms with Crippen molar-refractivity contribution in [1.82, 2.24) is 4.98 Å². The van der Waals surface area contributed by atoms with Crippen LogP contribution in [0.2, 0.25) is 5.02 Å². The number of nitrogens with one attached hydrogen (secondary N) is 2. The fourth-order valence-electron chi connectivity index (χ4n) is 2.16. The number of aromatic nitrogens is 1. The Labute approximate surface area is 157 Å². The molecule has 8 heteroatoms. The van der Waals surface area contributed by atoms with Crippen molar-refractivity contribution in [1.29, 1.82) is 0 Å². The van der Waals surface area contributed by atoms with Gasteiger partial charge in [-0.3, -0.25) is 9.59 Å². The molecule has 0 unspecified atom stereocenters. The van der Waals surface area contributed by atoms with Gasteiger partial charge in [0.1, 0.15) is 5.01 Å². The SMILES string of the molecule is CC(=O)Nc1cc(NC(=O)Cc2csc(-c3cccs3)n2)ccc1Cl. The van der Waals surface area contributed by atoms with Crippen LogP contribution in [0.1, 0.15) is 12.6 Å². The number of benzene rings is 1. The first kappa shape index (κ1) is 17.6. The van der Waals surface area contributed by atoms with E-state index in [0.717, 1.165) is 15.6 Å². The van der Waals surface area contributed by atoms with Crippen molar-refractivity contribution < 1.29 is 9.59 Å². The average Bonchev–Trinajstić information content (AvgIpc) is 3.21. The second-order valence-corrected chi connectivity index (χ2v) is 7.44. The van der Waals surface area contributed by atoms with Crippen molar-refractivity contribution in [3.8, 4) is 9.88 Å². The Hall–Kier alpha value is -2.22. The summed E-state index contributed by atoms with van der Waals surface area (Å²) in [5.74, 6) is -0.409. The van der Waals surface area contributed by atoms with Crippen LogP contribution >= 0.6 is 34.3 Å². The Morgan fingerprint density at radius 2 is 2.04 bits per heavy atom. The monoisotopic (exact) mass is 391 g/mol. The molecule has 25 heavy (non-hydrogen) atoms. The van der Waals surface area contributed by atoms with Crippen molar-refractivity contribution in [3.05, 3.63) is 51.8 Å². The van der Waals surface area contributed by atoms with Crippen molar-refractivity contribution in [3.63, 3.8) is 0 Å². The van der Waals surface area contributed by atoms with Gasteiger partial charge in [0.15, 0.2) is 0 Å². The number of rotatable bonds is 5. The minimum Gasteiger partial charge on any atom is -0.326 e. The third-order valence-electron chi connectivity index (χ3n) is 3.19. The molecule has 0 aliphatic carbocycles. The lowest BCUT2D eigenvalue weighted by Crippen LogP contribution is -2.15. The average molecular weight is 392 g/mol. The molecule has 2 heterocycles. The van der Waals surface area contributed by atoms with Crippen LogP contribution in [-0.4, -0.2) is 16.8 Å².